The molecular formula is C7H18N4. The van der Waals surface area contributed by atoms with Gasteiger partial charge in [0.15, 0.2) is 0 Å². The van der Waals surface area contributed by atoms with Gasteiger partial charge in [0, 0.05) is 12.3 Å². The Balaban J connectivity index is 0. The second-order valence-electron chi connectivity index (χ2n) is 2.49. The van der Waals surface area contributed by atoms with E-state index in [-0.39, 0.29) is 17.6 Å². The summed E-state index contributed by atoms with van der Waals surface area (Å²) in [4.78, 5) is 0. The van der Waals surface area contributed by atoms with E-state index >= 15 is 0 Å². The van der Waals surface area contributed by atoms with E-state index < -0.39 is 0 Å². The Labute approximate surface area is 68.0 Å². The summed E-state index contributed by atoms with van der Waals surface area (Å²) in [7, 11) is 0. The molecule has 11 heavy (non-hydrogen) atoms. The molecule has 66 valence electrons. The van der Waals surface area contributed by atoms with E-state index in [0.29, 0.717) is 6.42 Å². The van der Waals surface area contributed by atoms with Gasteiger partial charge in [0.25, 0.3) is 0 Å². The van der Waals surface area contributed by atoms with Gasteiger partial charge in [0.1, 0.15) is 0 Å². The van der Waals surface area contributed by atoms with Crippen molar-refractivity contribution >= 4 is 11.7 Å². The van der Waals surface area contributed by atoms with Gasteiger partial charge in [-0.1, -0.05) is 20.8 Å². The topological polar surface area (TPSA) is 99.7 Å². The van der Waals surface area contributed by atoms with Crippen LogP contribution in [0.3, 0.4) is 0 Å². The van der Waals surface area contributed by atoms with Crippen LogP contribution >= 0.6 is 0 Å². The van der Waals surface area contributed by atoms with Crippen molar-refractivity contribution in [2.75, 3.05) is 0 Å². The molecule has 0 aromatic rings. The van der Waals surface area contributed by atoms with Crippen LogP contribution in [0.25, 0.3) is 0 Å². The summed E-state index contributed by atoms with van der Waals surface area (Å²) in [6, 6.07) is 0. The van der Waals surface area contributed by atoms with Crippen LogP contribution in [0.1, 0.15) is 27.2 Å². The quantitative estimate of drug-likeness (QED) is 0.354. The highest BCUT2D eigenvalue weighted by Gasteiger charge is 1.91. The summed E-state index contributed by atoms with van der Waals surface area (Å²) in [5.41, 5.74) is 9.89. The molecule has 0 bridgehead atoms. The lowest BCUT2D eigenvalue weighted by Crippen LogP contribution is -2.16. The highest BCUT2D eigenvalue weighted by Crippen LogP contribution is 1.85. The van der Waals surface area contributed by atoms with Gasteiger partial charge < -0.3 is 11.5 Å². The lowest BCUT2D eigenvalue weighted by Gasteiger charge is -1.95. The third kappa shape index (κ3) is 17.6. The zero-order valence-corrected chi connectivity index (χ0v) is 7.44. The number of nitrogens with one attached hydrogen (secondary N) is 2. The largest absolute Gasteiger partial charge is 0.388 e. The second kappa shape index (κ2) is 7.05. The average molecular weight is 158 g/mol. The van der Waals surface area contributed by atoms with Gasteiger partial charge in [-0.15, -0.1) is 0 Å². The summed E-state index contributed by atoms with van der Waals surface area (Å²) in [6.07, 6.45) is 0.667. The van der Waals surface area contributed by atoms with Gasteiger partial charge in [0.05, 0.1) is 11.7 Å². The fourth-order valence-corrected chi connectivity index (χ4v) is 0. The molecule has 0 rings (SSSR count). The van der Waals surface area contributed by atoms with Crippen LogP contribution < -0.4 is 11.5 Å². The smallest absolute Gasteiger partial charge is 0.0931 e. The Hall–Kier alpha value is -1.06. The monoisotopic (exact) mass is 158 g/mol. The van der Waals surface area contributed by atoms with Crippen LogP contribution in [0.15, 0.2) is 0 Å². The maximum atomic E-state index is 6.73. The van der Waals surface area contributed by atoms with Crippen molar-refractivity contribution in [3.05, 3.63) is 0 Å². The summed E-state index contributed by atoms with van der Waals surface area (Å²) in [5.74, 6) is 0.727. The van der Waals surface area contributed by atoms with Crippen molar-refractivity contribution < 1.29 is 0 Å². The predicted molar refractivity (Wildman–Crippen MR) is 49.0 cm³/mol. The van der Waals surface area contributed by atoms with Crippen LogP contribution in [0.2, 0.25) is 0 Å². The number of hydrogen-bond acceptors (Lipinski definition) is 2. The first-order valence-corrected chi connectivity index (χ1v) is 3.58. The van der Waals surface area contributed by atoms with Gasteiger partial charge >= 0.3 is 0 Å². The summed E-state index contributed by atoms with van der Waals surface area (Å²) in [5, 5.41) is 13.2. The van der Waals surface area contributed by atoms with Crippen LogP contribution in [-0.4, -0.2) is 11.7 Å². The van der Waals surface area contributed by atoms with Gasteiger partial charge in [0.2, 0.25) is 0 Å². The van der Waals surface area contributed by atoms with Crippen molar-refractivity contribution in [3.8, 4) is 0 Å². The number of hydrogen-bond donors (Lipinski definition) is 4. The van der Waals surface area contributed by atoms with Gasteiger partial charge in [-0.25, -0.2) is 0 Å². The third-order valence-corrected chi connectivity index (χ3v) is 1.00. The van der Waals surface area contributed by atoms with Crippen LogP contribution in [0, 0.1) is 16.7 Å². The minimum absolute atomic E-state index is 0.213. The van der Waals surface area contributed by atoms with Crippen molar-refractivity contribution in [2.45, 2.75) is 27.2 Å². The van der Waals surface area contributed by atoms with Crippen LogP contribution in [0.4, 0.5) is 0 Å². The molecule has 0 aliphatic carbocycles. The molecule has 0 aromatic heterocycles. The Kier molecular flexibility index (Phi) is 8.08. The van der Waals surface area contributed by atoms with E-state index in [1.807, 2.05) is 20.8 Å². The second-order valence-corrected chi connectivity index (χ2v) is 2.49. The SMILES string of the molecule is CC(C)C(=N)N.CCC(=N)N. The van der Waals surface area contributed by atoms with E-state index in [1.54, 1.807) is 0 Å². The summed E-state index contributed by atoms with van der Waals surface area (Å²) < 4.78 is 0. The molecule has 0 fully saturated rings. The first-order valence-electron chi connectivity index (χ1n) is 3.58. The highest BCUT2D eigenvalue weighted by atomic mass is 14.7. The lowest BCUT2D eigenvalue weighted by atomic mass is 10.2. The van der Waals surface area contributed by atoms with E-state index in [1.165, 1.54) is 0 Å². The first-order chi connectivity index (χ1) is 4.91. The van der Waals surface area contributed by atoms with Gasteiger partial charge in [-0.2, -0.15) is 0 Å². The predicted octanol–water partition coefficient (Wildman–Crippen LogP) is 0.911. The molecule has 0 unspecified atom stereocenters. The Morgan fingerprint density at radius 2 is 1.45 bits per heavy atom. The summed E-state index contributed by atoms with van der Waals surface area (Å²) >= 11 is 0. The molecule has 4 nitrogen and oxygen atoms in total. The molecule has 0 spiro atoms. The zero-order valence-electron chi connectivity index (χ0n) is 7.44. The lowest BCUT2D eigenvalue weighted by molar-refractivity contribution is 0.865. The zero-order chi connectivity index (χ0) is 9.44. The van der Waals surface area contributed by atoms with Crippen molar-refractivity contribution in [3.63, 3.8) is 0 Å². The van der Waals surface area contributed by atoms with Crippen LogP contribution in [0.5, 0.6) is 0 Å². The fourth-order valence-electron chi connectivity index (χ4n) is 0. The highest BCUT2D eigenvalue weighted by molar-refractivity contribution is 5.78. The molecule has 0 saturated carbocycles. The van der Waals surface area contributed by atoms with Crippen molar-refractivity contribution in [1.29, 1.82) is 10.8 Å². The average Bonchev–Trinajstić information content (AvgIpc) is 1.89. The Morgan fingerprint density at radius 1 is 1.27 bits per heavy atom. The standard InChI is InChI=1S/C4H10N2.C3H8N2/c1-3(2)4(5)6;1-2-3(4)5/h3H,1-2H3,(H3,5,6);2H2,1H3,(H3,4,5). The normalized spacial score (nSPS) is 8.36. The van der Waals surface area contributed by atoms with E-state index in [2.05, 4.69) is 0 Å². The molecule has 0 aliphatic rings. The Morgan fingerprint density at radius 3 is 1.45 bits per heavy atom. The van der Waals surface area contributed by atoms with E-state index in [4.69, 9.17) is 22.3 Å². The minimum atomic E-state index is 0.213. The third-order valence-electron chi connectivity index (χ3n) is 1.00. The van der Waals surface area contributed by atoms with Crippen molar-refractivity contribution in [1.82, 2.24) is 0 Å². The maximum Gasteiger partial charge on any atom is 0.0931 e. The Bertz CT molecular complexity index is 128. The molecule has 0 heterocycles. The molecule has 0 atom stereocenters. The van der Waals surface area contributed by atoms with Crippen LogP contribution in [-0.2, 0) is 0 Å². The molecule has 0 aliphatic heterocycles. The van der Waals surface area contributed by atoms with Gasteiger partial charge in [-0.3, -0.25) is 10.8 Å². The molecule has 0 amide bonds. The molecule has 0 saturated heterocycles. The van der Waals surface area contributed by atoms with Crippen molar-refractivity contribution in [2.24, 2.45) is 17.4 Å². The number of amidine groups is 2. The van der Waals surface area contributed by atoms with E-state index in [0.717, 1.165) is 0 Å². The molecule has 6 N–H and O–H groups in total. The summed E-state index contributed by atoms with van der Waals surface area (Å²) in [6.45, 7) is 5.63. The molecule has 4 heteroatoms. The molecular weight excluding hydrogens is 140 g/mol. The van der Waals surface area contributed by atoms with E-state index in [9.17, 15) is 0 Å². The number of rotatable bonds is 2. The minimum Gasteiger partial charge on any atom is -0.388 e. The molecule has 0 radical (unpaired) electrons. The first kappa shape index (κ1) is 12.6. The van der Waals surface area contributed by atoms with Gasteiger partial charge in [-0.05, 0) is 0 Å². The maximum absolute atomic E-state index is 6.73. The molecule has 0 aromatic carbocycles. The number of nitrogens with two attached hydrogens (primary N) is 2. The fraction of sp³-hybridized carbons (Fsp3) is 0.714.